The first-order chi connectivity index (χ1) is 11.7. The van der Waals surface area contributed by atoms with Crippen LogP contribution in [-0.2, 0) is 10.0 Å². The highest BCUT2D eigenvalue weighted by Crippen LogP contribution is 2.23. The SMILES string of the molecule is COc1cc(OC)cc(C(=O)NNS(=O)(=O)c2cc(Cl)cc(Cl)c2)c1. The Morgan fingerprint density at radius 2 is 1.44 bits per heavy atom. The van der Waals surface area contributed by atoms with E-state index in [2.05, 4.69) is 5.43 Å². The van der Waals surface area contributed by atoms with Crippen LogP contribution in [0.25, 0.3) is 0 Å². The molecule has 134 valence electrons. The van der Waals surface area contributed by atoms with Gasteiger partial charge in [0.25, 0.3) is 15.9 Å². The Labute approximate surface area is 154 Å². The molecule has 1 amide bonds. The van der Waals surface area contributed by atoms with E-state index in [4.69, 9.17) is 32.7 Å². The second-order valence-electron chi connectivity index (χ2n) is 4.77. The van der Waals surface area contributed by atoms with Gasteiger partial charge < -0.3 is 9.47 Å². The smallest absolute Gasteiger partial charge is 0.266 e. The summed E-state index contributed by atoms with van der Waals surface area (Å²) in [7, 11) is -1.19. The monoisotopic (exact) mass is 404 g/mol. The van der Waals surface area contributed by atoms with E-state index in [0.29, 0.717) is 11.5 Å². The van der Waals surface area contributed by atoms with Crippen molar-refractivity contribution in [2.75, 3.05) is 14.2 Å². The molecule has 0 aromatic heterocycles. The number of hydrogen-bond acceptors (Lipinski definition) is 5. The van der Waals surface area contributed by atoms with Crippen LogP contribution < -0.4 is 19.7 Å². The highest BCUT2D eigenvalue weighted by molar-refractivity contribution is 7.89. The molecule has 2 aromatic carbocycles. The summed E-state index contributed by atoms with van der Waals surface area (Å²) in [6.07, 6.45) is 0. The van der Waals surface area contributed by atoms with Crippen LogP contribution in [0.5, 0.6) is 11.5 Å². The Hall–Kier alpha value is -2.00. The Morgan fingerprint density at radius 1 is 0.920 bits per heavy atom. The van der Waals surface area contributed by atoms with Gasteiger partial charge in [0.15, 0.2) is 0 Å². The minimum Gasteiger partial charge on any atom is -0.497 e. The van der Waals surface area contributed by atoms with E-state index in [-0.39, 0.29) is 20.5 Å². The molecule has 0 unspecified atom stereocenters. The number of carbonyl (C=O) groups is 1. The van der Waals surface area contributed by atoms with Gasteiger partial charge in [-0.05, 0) is 30.3 Å². The number of amides is 1. The van der Waals surface area contributed by atoms with Gasteiger partial charge in [-0.15, -0.1) is 4.83 Å². The summed E-state index contributed by atoms with van der Waals surface area (Å²) in [6, 6.07) is 8.25. The third kappa shape index (κ3) is 4.99. The van der Waals surface area contributed by atoms with Crippen molar-refractivity contribution in [3.63, 3.8) is 0 Å². The molecule has 0 bridgehead atoms. The third-order valence-electron chi connectivity index (χ3n) is 3.06. The predicted octanol–water partition coefficient (Wildman–Crippen LogP) is 2.63. The molecule has 2 rings (SSSR count). The van der Waals surface area contributed by atoms with Crippen LogP contribution in [0.1, 0.15) is 10.4 Å². The summed E-state index contributed by atoms with van der Waals surface area (Å²) in [5.74, 6) is 0.0665. The molecule has 0 fully saturated rings. The lowest BCUT2D eigenvalue weighted by Gasteiger charge is -2.11. The maximum Gasteiger partial charge on any atom is 0.266 e. The fourth-order valence-electron chi connectivity index (χ4n) is 1.87. The first-order valence-corrected chi connectivity index (χ1v) is 9.00. The summed E-state index contributed by atoms with van der Waals surface area (Å²) in [4.78, 5) is 14.0. The molecule has 10 heteroatoms. The zero-order valence-electron chi connectivity index (χ0n) is 13.2. The average Bonchev–Trinajstić information content (AvgIpc) is 2.58. The standard InChI is InChI=1S/C15H14Cl2N2O5S/c1-23-12-3-9(4-13(8-12)24-2)15(20)18-19-25(21,22)14-6-10(16)5-11(17)7-14/h3-8,19H,1-2H3,(H,18,20). The molecule has 0 radical (unpaired) electrons. The Bertz CT molecular complexity index is 860. The highest BCUT2D eigenvalue weighted by atomic mass is 35.5. The van der Waals surface area contributed by atoms with E-state index in [1.165, 1.54) is 44.6 Å². The normalized spacial score (nSPS) is 11.0. The number of hydrogen-bond donors (Lipinski definition) is 2. The van der Waals surface area contributed by atoms with Crippen molar-refractivity contribution < 1.29 is 22.7 Å². The van der Waals surface area contributed by atoms with Gasteiger partial charge in [0.2, 0.25) is 0 Å². The number of nitrogens with one attached hydrogen (secondary N) is 2. The summed E-state index contributed by atoms with van der Waals surface area (Å²) in [6.45, 7) is 0. The third-order valence-corrected chi connectivity index (χ3v) is 4.72. The van der Waals surface area contributed by atoms with Crippen LogP contribution in [0.4, 0.5) is 0 Å². The van der Waals surface area contributed by atoms with E-state index in [1.807, 2.05) is 4.83 Å². The molecule has 7 nitrogen and oxygen atoms in total. The van der Waals surface area contributed by atoms with Crippen molar-refractivity contribution in [3.05, 3.63) is 52.0 Å². The second kappa shape index (κ2) is 7.92. The molecule has 0 atom stereocenters. The molecule has 0 aliphatic heterocycles. The van der Waals surface area contributed by atoms with Gasteiger partial charge in [-0.3, -0.25) is 10.2 Å². The van der Waals surface area contributed by atoms with Crippen LogP contribution >= 0.6 is 23.2 Å². The predicted molar refractivity (Wildman–Crippen MR) is 93.8 cm³/mol. The van der Waals surface area contributed by atoms with Gasteiger partial charge in [-0.25, -0.2) is 8.42 Å². The van der Waals surface area contributed by atoms with Crippen LogP contribution in [0.15, 0.2) is 41.3 Å². The number of hydrazine groups is 1. The number of halogens is 2. The van der Waals surface area contributed by atoms with Gasteiger partial charge in [-0.1, -0.05) is 23.2 Å². The van der Waals surface area contributed by atoms with Crippen molar-refractivity contribution in [2.24, 2.45) is 0 Å². The van der Waals surface area contributed by atoms with Gasteiger partial charge in [0, 0.05) is 21.7 Å². The molecular formula is C15H14Cl2N2O5S. The fourth-order valence-corrected chi connectivity index (χ4v) is 3.43. The molecule has 25 heavy (non-hydrogen) atoms. The van der Waals surface area contributed by atoms with Crippen molar-refractivity contribution in [2.45, 2.75) is 4.90 Å². The molecule has 0 saturated carbocycles. The molecule has 0 saturated heterocycles. The number of benzene rings is 2. The van der Waals surface area contributed by atoms with Gasteiger partial charge in [0.1, 0.15) is 11.5 Å². The summed E-state index contributed by atoms with van der Waals surface area (Å²) < 4.78 is 34.6. The van der Waals surface area contributed by atoms with E-state index in [0.717, 1.165) is 0 Å². The molecule has 0 heterocycles. The molecular weight excluding hydrogens is 391 g/mol. The number of methoxy groups -OCH3 is 2. The summed E-state index contributed by atoms with van der Waals surface area (Å²) in [5.41, 5.74) is 2.25. The largest absolute Gasteiger partial charge is 0.497 e. The number of rotatable bonds is 6. The zero-order chi connectivity index (χ0) is 18.6. The maximum atomic E-state index is 12.2. The summed E-state index contributed by atoms with van der Waals surface area (Å²) in [5, 5.41) is 0.300. The molecule has 0 aliphatic carbocycles. The lowest BCUT2D eigenvalue weighted by atomic mass is 10.2. The van der Waals surface area contributed by atoms with Crippen molar-refractivity contribution in [3.8, 4) is 11.5 Å². The molecule has 2 N–H and O–H groups in total. The molecule has 2 aromatic rings. The zero-order valence-corrected chi connectivity index (χ0v) is 15.5. The van der Waals surface area contributed by atoms with E-state index < -0.39 is 15.9 Å². The van der Waals surface area contributed by atoms with E-state index in [1.54, 1.807) is 6.07 Å². The first kappa shape index (κ1) is 19.3. The van der Waals surface area contributed by atoms with E-state index >= 15 is 0 Å². The number of carbonyl (C=O) groups excluding carboxylic acids is 1. The lowest BCUT2D eigenvalue weighted by molar-refractivity contribution is 0.0944. The van der Waals surface area contributed by atoms with Gasteiger partial charge >= 0.3 is 0 Å². The number of ether oxygens (including phenoxy) is 2. The topological polar surface area (TPSA) is 93.7 Å². The van der Waals surface area contributed by atoms with Crippen LogP contribution in [0, 0.1) is 0 Å². The second-order valence-corrected chi connectivity index (χ2v) is 7.32. The van der Waals surface area contributed by atoms with Crippen LogP contribution in [0.3, 0.4) is 0 Å². The Balaban J connectivity index is 2.18. The van der Waals surface area contributed by atoms with Crippen molar-refractivity contribution >= 4 is 39.1 Å². The summed E-state index contributed by atoms with van der Waals surface area (Å²) >= 11 is 11.6. The van der Waals surface area contributed by atoms with Gasteiger partial charge in [-0.2, -0.15) is 0 Å². The molecule has 0 spiro atoms. The quantitative estimate of drug-likeness (QED) is 0.721. The highest BCUT2D eigenvalue weighted by Gasteiger charge is 2.18. The minimum absolute atomic E-state index is 0.142. The first-order valence-electron chi connectivity index (χ1n) is 6.76. The van der Waals surface area contributed by atoms with Crippen LogP contribution in [-0.4, -0.2) is 28.5 Å². The van der Waals surface area contributed by atoms with Gasteiger partial charge in [0.05, 0.1) is 19.1 Å². The molecule has 0 aliphatic rings. The van der Waals surface area contributed by atoms with E-state index in [9.17, 15) is 13.2 Å². The minimum atomic E-state index is -4.05. The Kier molecular flexibility index (Phi) is 6.12. The van der Waals surface area contributed by atoms with Crippen molar-refractivity contribution in [1.29, 1.82) is 0 Å². The maximum absolute atomic E-state index is 12.2. The van der Waals surface area contributed by atoms with Crippen molar-refractivity contribution in [1.82, 2.24) is 10.3 Å². The van der Waals surface area contributed by atoms with Crippen LogP contribution in [0.2, 0.25) is 10.0 Å². The average molecular weight is 405 g/mol. The fraction of sp³-hybridized carbons (Fsp3) is 0.133. The number of sulfonamides is 1. The lowest BCUT2D eigenvalue weighted by Crippen LogP contribution is -2.41. The Morgan fingerprint density at radius 3 is 1.92 bits per heavy atom.